The molecule has 2 unspecified atom stereocenters. The average molecular weight is 293 g/mol. The van der Waals surface area contributed by atoms with Crippen molar-refractivity contribution in [2.45, 2.75) is 31.7 Å². The summed E-state index contributed by atoms with van der Waals surface area (Å²) >= 11 is 1.51. The maximum atomic E-state index is 12.0. The van der Waals surface area contributed by atoms with Crippen molar-refractivity contribution in [2.24, 2.45) is 5.92 Å². The van der Waals surface area contributed by atoms with E-state index in [2.05, 4.69) is 10.3 Å². The van der Waals surface area contributed by atoms with Crippen LogP contribution < -0.4 is 5.32 Å². The van der Waals surface area contributed by atoms with E-state index in [0.717, 1.165) is 17.8 Å². The van der Waals surface area contributed by atoms with Crippen LogP contribution in [0, 0.1) is 5.92 Å². The standard InChI is InChI=1S/C13H15N3O3S/c17-11(15-10-3-1-2-9(10)12(18)19)6-8-7-16-4-5-20-13(16)14-8/h4-5,7,9-10H,1-3,6H2,(H,15,17)(H,18,19). The van der Waals surface area contributed by atoms with Gasteiger partial charge in [-0.15, -0.1) is 11.3 Å². The largest absolute Gasteiger partial charge is 0.481 e. The van der Waals surface area contributed by atoms with Crippen molar-refractivity contribution < 1.29 is 14.7 Å². The van der Waals surface area contributed by atoms with Crippen LogP contribution in [0.4, 0.5) is 0 Å². The summed E-state index contributed by atoms with van der Waals surface area (Å²) in [7, 11) is 0. The Kier molecular flexibility index (Phi) is 3.43. The molecule has 1 fully saturated rings. The summed E-state index contributed by atoms with van der Waals surface area (Å²) in [6.45, 7) is 0. The summed E-state index contributed by atoms with van der Waals surface area (Å²) in [6, 6.07) is -0.247. The molecule has 0 radical (unpaired) electrons. The number of amides is 1. The van der Waals surface area contributed by atoms with E-state index >= 15 is 0 Å². The van der Waals surface area contributed by atoms with E-state index in [1.807, 2.05) is 22.2 Å². The summed E-state index contributed by atoms with van der Waals surface area (Å²) < 4.78 is 1.88. The number of nitrogens with one attached hydrogen (secondary N) is 1. The van der Waals surface area contributed by atoms with E-state index in [1.165, 1.54) is 11.3 Å². The van der Waals surface area contributed by atoms with Crippen LogP contribution >= 0.6 is 11.3 Å². The number of carboxylic acids is 1. The number of fused-ring (bicyclic) bond motifs is 1. The second-order valence-corrected chi connectivity index (χ2v) is 5.92. The lowest BCUT2D eigenvalue weighted by Gasteiger charge is -2.17. The molecule has 3 rings (SSSR count). The molecule has 2 aromatic rings. The number of carboxylic acid groups (broad SMARTS) is 1. The monoisotopic (exact) mass is 293 g/mol. The van der Waals surface area contributed by atoms with Gasteiger partial charge in [-0.1, -0.05) is 6.42 Å². The van der Waals surface area contributed by atoms with Crippen LogP contribution in [-0.2, 0) is 16.0 Å². The van der Waals surface area contributed by atoms with Gasteiger partial charge in [-0.05, 0) is 12.8 Å². The number of carbonyl (C=O) groups excluding carboxylic acids is 1. The van der Waals surface area contributed by atoms with Crippen LogP contribution in [0.5, 0.6) is 0 Å². The van der Waals surface area contributed by atoms with Crippen molar-refractivity contribution in [3.63, 3.8) is 0 Å². The number of imidazole rings is 1. The van der Waals surface area contributed by atoms with Crippen LogP contribution in [0.2, 0.25) is 0 Å². The van der Waals surface area contributed by atoms with E-state index < -0.39 is 11.9 Å². The highest BCUT2D eigenvalue weighted by Crippen LogP contribution is 2.25. The van der Waals surface area contributed by atoms with Gasteiger partial charge in [0.25, 0.3) is 0 Å². The second-order valence-electron chi connectivity index (χ2n) is 5.05. The fourth-order valence-corrected chi connectivity index (χ4v) is 3.43. The van der Waals surface area contributed by atoms with E-state index in [0.29, 0.717) is 12.1 Å². The van der Waals surface area contributed by atoms with Crippen molar-refractivity contribution >= 4 is 28.2 Å². The molecule has 1 saturated carbocycles. The smallest absolute Gasteiger partial charge is 0.308 e. The number of nitrogens with zero attached hydrogens (tertiary/aromatic N) is 2. The van der Waals surface area contributed by atoms with Gasteiger partial charge in [-0.3, -0.25) is 14.0 Å². The fraction of sp³-hybridized carbons (Fsp3) is 0.462. The number of aliphatic carboxylic acids is 1. The third-order valence-corrected chi connectivity index (χ3v) is 4.44. The maximum absolute atomic E-state index is 12.0. The number of hydrogen-bond donors (Lipinski definition) is 2. The van der Waals surface area contributed by atoms with Crippen LogP contribution in [-0.4, -0.2) is 32.4 Å². The minimum absolute atomic E-state index is 0.158. The molecule has 0 aliphatic heterocycles. The summed E-state index contributed by atoms with van der Waals surface area (Å²) in [4.78, 5) is 28.3. The van der Waals surface area contributed by atoms with Gasteiger partial charge in [0.1, 0.15) is 0 Å². The Morgan fingerprint density at radius 2 is 2.35 bits per heavy atom. The molecule has 2 heterocycles. The molecule has 0 saturated heterocycles. The summed E-state index contributed by atoms with van der Waals surface area (Å²) in [5.41, 5.74) is 0.708. The molecule has 0 aromatic carbocycles. The van der Waals surface area contributed by atoms with Crippen LogP contribution in [0.25, 0.3) is 4.96 Å². The van der Waals surface area contributed by atoms with Crippen molar-refractivity contribution in [2.75, 3.05) is 0 Å². The molecule has 0 spiro atoms. The number of aromatic nitrogens is 2. The summed E-state index contributed by atoms with van der Waals surface area (Å²) in [5.74, 6) is -1.44. The Hall–Kier alpha value is -1.89. The molecule has 6 nitrogen and oxygen atoms in total. The molecule has 2 aromatic heterocycles. The molecule has 1 amide bonds. The lowest BCUT2D eigenvalue weighted by molar-refractivity contribution is -0.142. The van der Waals surface area contributed by atoms with Gasteiger partial charge in [0.15, 0.2) is 4.96 Å². The SMILES string of the molecule is O=C(Cc1cn2ccsc2n1)NC1CCCC1C(=O)O. The molecule has 7 heteroatoms. The van der Waals surface area contributed by atoms with Crippen molar-refractivity contribution in [3.8, 4) is 0 Å². The predicted molar refractivity (Wildman–Crippen MR) is 73.7 cm³/mol. The third kappa shape index (κ3) is 2.53. The van der Waals surface area contributed by atoms with E-state index in [1.54, 1.807) is 0 Å². The minimum atomic E-state index is -0.824. The highest BCUT2D eigenvalue weighted by molar-refractivity contribution is 7.15. The first-order valence-electron chi connectivity index (χ1n) is 6.57. The summed E-state index contributed by atoms with van der Waals surface area (Å²) in [6.07, 6.45) is 6.14. The molecule has 106 valence electrons. The van der Waals surface area contributed by atoms with Crippen LogP contribution in [0.1, 0.15) is 25.0 Å². The first kappa shape index (κ1) is 13.1. The third-order valence-electron chi connectivity index (χ3n) is 3.66. The molecule has 1 aliphatic rings. The number of carbonyl (C=O) groups is 2. The zero-order valence-electron chi connectivity index (χ0n) is 10.8. The van der Waals surface area contributed by atoms with Gasteiger partial charge in [-0.2, -0.15) is 0 Å². The van der Waals surface area contributed by atoms with Crippen molar-refractivity contribution in [1.82, 2.24) is 14.7 Å². The van der Waals surface area contributed by atoms with Gasteiger partial charge >= 0.3 is 5.97 Å². The Bertz CT molecular complexity index is 620. The zero-order valence-corrected chi connectivity index (χ0v) is 11.6. The molecule has 2 N–H and O–H groups in total. The van der Waals surface area contributed by atoms with Gasteiger partial charge in [0.05, 0.1) is 18.0 Å². The molecule has 20 heavy (non-hydrogen) atoms. The maximum Gasteiger partial charge on any atom is 0.308 e. The molecule has 0 bridgehead atoms. The van der Waals surface area contributed by atoms with Gasteiger partial charge in [0, 0.05) is 23.8 Å². The van der Waals surface area contributed by atoms with E-state index in [-0.39, 0.29) is 18.4 Å². The van der Waals surface area contributed by atoms with E-state index in [4.69, 9.17) is 5.11 Å². The molecular weight excluding hydrogens is 278 g/mol. The molecular formula is C13H15N3O3S. The van der Waals surface area contributed by atoms with Crippen molar-refractivity contribution in [3.05, 3.63) is 23.5 Å². The Balaban J connectivity index is 1.62. The molecule has 2 atom stereocenters. The van der Waals surface area contributed by atoms with Gasteiger partial charge in [-0.25, -0.2) is 4.98 Å². The highest BCUT2D eigenvalue weighted by atomic mass is 32.1. The predicted octanol–water partition coefficient (Wildman–Crippen LogP) is 1.31. The zero-order chi connectivity index (χ0) is 14.1. The average Bonchev–Trinajstić information content (AvgIpc) is 3.03. The second kappa shape index (κ2) is 5.24. The Morgan fingerprint density at radius 1 is 1.50 bits per heavy atom. The lowest BCUT2D eigenvalue weighted by Crippen LogP contribution is -2.40. The van der Waals surface area contributed by atoms with Gasteiger partial charge in [0.2, 0.25) is 5.91 Å². The Morgan fingerprint density at radius 3 is 3.10 bits per heavy atom. The quantitative estimate of drug-likeness (QED) is 0.890. The number of hydrogen-bond acceptors (Lipinski definition) is 4. The first-order valence-corrected chi connectivity index (χ1v) is 7.44. The fourth-order valence-electron chi connectivity index (χ4n) is 2.71. The highest BCUT2D eigenvalue weighted by Gasteiger charge is 2.33. The number of thiazole rings is 1. The first-order chi connectivity index (χ1) is 9.63. The van der Waals surface area contributed by atoms with Crippen LogP contribution in [0.15, 0.2) is 17.8 Å². The van der Waals surface area contributed by atoms with Gasteiger partial charge < -0.3 is 10.4 Å². The normalized spacial score (nSPS) is 22.2. The topological polar surface area (TPSA) is 83.7 Å². The summed E-state index contributed by atoms with van der Waals surface area (Å²) in [5, 5.41) is 13.9. The number of rotatable bonds is 4. The Labute approximate surface area is 119 Å². The van der Waals surface area contributed by atoms with Crippen molar-refractivity contribution in [1.29, 1.82) is 0 Å². The minimum Gasteiger partial charge on any atom is -0.481 e. The van der Waals surface area contributed by atoms with E-state index in [9.17, 15) is 9.59 Å². The van der Waals surface area contributed by atoms with Crippen LogP contribution in [0.3, 0.4) is 0 Å². The molecule has 1 aliphatic carbocycles. The lowest BCUT2D eigenvalue weighted by atomic mass is 10.0.